The molecule has 94 valence electrons. The Morgan fingerprint density at radius 1 is 1.13 bits per heavy atom. The summed E-state index contributed by atoms with van der Waals surface area (Å²) in [6, 6.07) is 0.885. The minimum atomic E-state index is -2.22. The van der Waals surface area contributed by atoms with Gasteiger partial charge in [0.1, 0.15) is 0 Å². The first-order valence-corrected chi connectivity index (χ1v) is 7.00. The predicted molar refractivity (Wildman–Crippen MR) is 62.9 cm³/mol. The largest absolute Gasteiger partial charge is 0.500 e. The Kier molecular flexibility index (Phi) is 14.0. The summed E-state index contributed by atoms with van der Waals surface area (Å²) in [5.74, 6) is 0. The van der Waals surface area contributed by atoms with E-state index in [0.29, 0.717) is 6.54 Å². The molecular weight excluding hydrogens is 214 g/mol. The van der Waals surface area contributed by atoms with Gasteiger partial charge in [-0.2, -0.15) is 0 Å². The maximum atomic E-state index is 8.00. The summed E-state index contributed by atoms with van der Waals surface area (Å²) in [6.45, 7) is 3.01. The molecule has 0 saturated carbocycles. The van der Waals surface area contributed by atoms with E-state index in [1.165, 1.54) is 0 Å². The third-order valence-electron chi connectivity index (χ3n) is 1.85. The molecule has 0 aromatic heterocycles. The first-order chi connectivity index (χ1) is 7.16. The van der Waals surface area contributed by atoms with Crippen LogP contribution in [0.1, 0.15) is 13.3 Å². The van der Waals surface area contributed by atoms with Crippen molar-refractivity contribution in [3.63, 3.8) is 0 Å². The number of aliphatic hydroxyl groups is 1. The van der Waals surface area contributed by atoms with Crippen LogP contribution in [0.4, 0.5) is 0 Å². The molecule has 0 fully saturated rings. The number of likely N-dealkylation sites (N-methyl/N-ethyl adjacent to an activating group) is 1. The van der Waals surface area contributed by atoms with E-state index >= 15 is 0 Å². The van der Waals surface area contributed by atoms with E-state index in [-0.39, 0.29) is 6.61 Å². The van der Waals surface area contributed by atoms with E-state index < -0.39 is 8.80 Å². The maximum Gasteiger partial charge on any atom is 0.500 e. The quantitative estimate of drug-likeness (QED) is 0.633. The fraction of sp³-hybridized carbons (Fsp3) is 1.00. The van der Waals surface area contributed by atoms with Crippen LogP contribution < -0.4 is 5.32 Å². The summed E-state index contributed by atoms with van der Waals surface area (Å²) < 4.78 is 15.5. The third kappa shape index (κ3) is 8.98. The van der Waals surface area contributed by atoms with Gasteiger partial charge in [-0.25, -0.2) is 0 Å². The van der Waals surface area contributed by atoms with Crippen LogP contribution in [-0.4, -0.2) is 55.4 Å². The van der Waals surface area contributed by atoms with Gasteiger partial charge in [0.15, 0.2) is 0 Å². The van der Waals surface area contributed by atoms with E-state index in [2.05, 4.69) is 12.2 Å². The summed E-state index contributed by atoms with van der Waals surface area (Å²) in [5.41, 5.74) is 0. The van der Waals surface area contributed by atoms with E-state index in [1.807, 2.05) is 0 Å². The lowest BCUT2D eigenvalue weighted by atomic mass is 10.6. The second-order valence-electron chi connectivity index (χ2n) is 2.87. The van der Waals surface area contributed by atoms with Crippen molar-refractivity contribution in [2.75, 3.05) is 41.5 Å². The molecule has 0 bridgehead atoms. The second-order valence-corrected chi connectivity index (χ2v) is 5.96. The van der Waals surface area contributed by atoms with Gasteiger partial charge in [0.25, 0.3) is 0 Å². The molecule has 0 aromatic carbocycles. The molecule has 15 heavy (non-hydrogen) atoms. The first kappa shape index (κ1) is 17.4. The molecule has 0 heterocycles. The molecule has 0 aliphatic rings. The average Bonchev–Trinajstić information content (AvgIpc) is 2.28. The smallest absolute Gasteiger partial charge is 0.395 e. The zero-order chi connectivity index (χ0) is 12.2. The molecule has 0 aromatic rings. The molecule has 0 aliphatic carbocycles. The normalized spacial score (nSPS) is 10.8. The van der Waals surface area contributed by atoms with Crippen LogP contribution in [0, 0.1) is 0 Å². The predicted octanol–water partition coefficient (Wildman–Crippen LogP) is 0.473. The molecule has 0 amide bonds. The maximum absolute atomic E-state index is 8.00. The van der Waals surface area contributed by atoms with E-state index in [4.69, 9.17) is 18.4 Å². The highest BCUT2D eigenvalue weighted by Crippen LogP contribution is 2.13. The summed E-state index contributed by atoms with van der Waals surface area (Å²) in [6.07, 6.45) is 1.03. The van der Waals surface area contributed by atoms with Gasteiger partial charge in [0.05, 0.1) is 6.61 Å². The highest BCUT2D eigenvalue weighted by molar-refractivity contribution is 6.60. The minimum Gasteiger partial charge on any atom is -0.395 e. The van der Waals surface area contributed by atoms with Gasteiger partial charge in [-0.3, -0.25) is 0 Å². The van der Waals surface area contributed by atoms with Crippen LogP contribution in [0.15, 0.2) is 0 Å². The van der Waals surface area contributed by atoms with Crippen molar-refractivity contribution < 1.29 is 18.4 Å². The van der Waals surface area contributed by atoms with Gasteiger partial charge in [-0.1, -0.05) is 13.3 Å². The summed E-state index contributed by atoms with van der Waals surface area (Å²) in [4.78, 5) is 0. The molecule has 0 aliphatic heterocycles. The Bertz CT molecular complexity index is 112. The number of rotatable bonds is 7. The number of aliphatic hydroxyl groups excluding tert-OH is 1. The lowest BCUT2D eigenvalue weighted by Gasteiger charge is -2.23. The first-order valence-electron chi connectivity index (χ1n) is 5.07. The Morgan fingerprint density at radius 2 is 1.60 bits per heavy atom. The zero-order valence-electron chi connectivity index (χ0n) is 10.5. The van der Waals surface area contributed by atoms with E-state index in [1.54, 1.807) is 28.4 Å². The van der Waals surface area contributed by atoms with Crippen LogP contribution in [0.25, 0.3) is 0 Å². The van der Waals surface area contributed by atoms with E-state index in [0.717, 1.165) is 12.5 Å². The molecular formula is C9H25NO4Si. The lowest BCUT2D eigenvalue weighted by molar-refractivity contribution is 0.123. The van der Waals surface area contributed by atoms with Gasteiger partial charge in [0.2, 0.25) is 0 Å². The standard InChI is InChI=1S/C6H16O3Si.C3H9NO/c1-5-6-10(7-2,8-3)9-4;1-4-2-3-5/h5-6H2,1-4H3;4-5H,2-3H2,1H3. The van der Waals surface area contributed by atoms with Crippen molar-refractivity contribution in [1.82, 2.24) is 5.32 Å². The Morgan fingerprint density at radius 3 is 1.67 bits per heavy atom. The molecule has 0 unspecified atom stereocenters. The molecule has 6 heteroatoms. The van der Waals surface area contributed by atoms with Crippen molar-refractivity contribution in [3.05, 3.63) is 0 Å². The third-order valence-corrected chi connectivity index (χ3v) is 4.83. The van der Waals surface area contributed by atoms with Gasteiger partial charge in [0, 0.05) is 33.9 Å². The van der Waals surface area contributed by atoms with Gasteiger partial charge in [-0.15, -0.1) is 0 Å². The number of hydrogen-bond acceptors (Lipinski definition) is 5. The Labute approximate surface area is 94.1 Å². The number of hydrogen-bond donors (Lipinski definition) is 2. The average molecular weight is 239 g/mol. The molecule has 0 saturated heterocycles. The lowest BCUT2D eigenvalue weighted by Crippen LogP contribution is -2.42. The Hall–Kier alpha value is 0.0169. The van der Waals surface area contributed by atoms with Crippen molar-refractivity contribution >= 4 is 8.80 Å². The topological polar surface area (TPSA) is 60.0 Å². The highest BCUT2D eigenvalue weighted by atomic mass is 28.4. The second kappa shape index (κ2) is 12.1. The highest BCUT2D eigenvalue weighted by Gasteiger charge is 2.36. The zero-order valence-corrected chi connectivity index (χ0v) is 11.5. The van der Waals surface area contributed by atoms with Crippen molar-refractivity contribution in [3.8, 4) is 0 Å². The van der Waals surface area contributed by atoms with Crippen LogP contribution >= 0.6 is 0 Å². The molecule has 5 nitrogen and oxygen atoms in total. The molecule has 2 N–H and O–H groups in total. The summed E-state index contributed by atoms with van der Waals surface area (Å²) >= 11 is 0. The summed E-state index contributed by atoms with van der Waals surface area (Å²) in [5, 5.41) is 10.8. The van der Waals surface area contributed by atoms with Gasteiger partial charge < -0.3 is 23.7 Å². The fourth-order valence-corrected chi connectivity index (χ4v) is 2.70. The van der Waals surface area contributed by atoms with Crippen LogP contribution in [0.5, 0.6) is 0 Å². The summed E-state index contributed by atoms with van der Waals surface area (Å²) in [7, 11) is 4.49. The SMILES string of the molecule is CCC[Si](OC)(OC)OC.CNCCO. The molecule has 0 radical (unpaired) electrons. The minimum absolute atomic E-state index is 0.233. The molecule has 0 rings (SSSR count). The molecule has 0 spiro atoms. The van der Waals surface area contributed by atoms with Crippen LogP contribution in [0.2, 0.25) is 6.04 Å². The van der Waals surface area contributed by atoms with Crippen molar-refractivity contribution in [2.24, 2.45) is 0 Å². The molecule has 0 atom stereocenters. The fourth-order valence-electron chi connectivity index (χ4n) is 0.974. The number of nitrogens with one attached hydrogen (secondary N) is 1. The van der Waals surface area contributed by atoms with Gasteiger partial charge >= 0.3 is 8.80 Å². The van der Waals surface area contributed by atoms with Crippen LogP contribution in [-0.2, 0) is 13.3 Å². The van der Waals surface area contributed by atoms with Crippen molar-refractivity contribution in [1.29, 1.82) is 0 Å². The van der Waals surface area contributed by atoms with Crippen molar-refractivity contribution in [2.45, 2.75) is 19.4 Å². The van der Waals surface area contributed by atoms with Crippen LogP contribution in [0.3, 0.4) is 0 Å². The monoisotopic (exact) mass is 239 g/mol. The van der Waals surface area contributed by atoms with E-state index in [9.17, 15) is 0 Å². The van der Waals surface area contributed by atoms with Gasteiger partial charge in [-0.05, 0) is 7.05 Å². The Balaban J connectivity index is 0.